The minimum atomic E-state index is 0.140. The Labute approximate surface area is 126 Å². The number of carbonyl (C=O) groups is 1. The predicted molar refractivity (Wildman–Crippen MR) is 87.4 cm³/mol. The monoisotopic (exact) mass is 287 g/mol. The zero-order valence-corrected chi connectivity index (χ0v) is 13.2. The van der Waals surface area contributed by atoms with E-state index in [4.69, 9.17) is 0 Å². The van der Waals surface area contributed by atoms with Gasteiger partial charge in [0.25, 0.3) is 0 Å². The van der Waals surface area contributed by atoms with Crippen molar-refractivity contribution in [2.24, 2.45) is 7.05 Å². The fourth-order valence-electron chi connectivity index (χ4n) is 2.43. The van der Waals surface area contributed by atoms with Crippen molar-refractivity contribution in [2.75, 3.05) is 27.2 Å². The van der Waals surface area contributed by atoms with Crippen LogP contribution < -0.4 is 5.32 Å². The van der Waals surface area contributed by atoms with Crippen LogP contribution in [0.1, 0.15) is 18.4 Å². The van der Waals surface area contributed by atoms with Gasteiger partial charge in [-0.05, 0) is 56.6 Å². The van der Waals surface area contributed by atoms with Crippen molar-refractivity contribution in [3.05, 3.63) is 36.0 Å². The number of hydrogen-bond donors (Lipinski definition) is 1. The summed E-state index contributed by atoms with van der Waals surface area (Å²) in [6.07, 6.45) is 4.40. The molecule has 0 aliphatic rings. The number of aromatic nitrogens is 1. The van der Waals surface area contributed by atoms with E-state index in [-0.39, 0.29) is 5.91 Å². The summed E-state index contributed by atoms with van der Waals surface area (Å²) in [5.41, 5.74) is 2.44. The zero-order chi connectivity index (χ0) is 15.2. The van der Waals surface area contributed by atoms with Gasteiger partial charge in [-0.25, -0.2) is 0 Å². The number of aryl methyl sites for hydroxylation is 2. The van der Waals surface area contributed by atoms with Crippen molar-refractivity contribution in [2.45, 2.75) is 19.3 Å². The number of fused-ring (bicyclic) bond motifs is 1. The summed E-state index contributed by atoms with van der Waals surface area (Å²) < 4.78 is 2.11. The molecule has 0 aliphatic heterocycles. The van der Waals surface area contributed by atoms with E-state index in [0.717, 1.165) is 25.9 Å². The highest BCUT2D eigenvalue weighted by molar-refractivity contribution is 5.81. The Morgan fingerprint density at radius 1 is 1.29 bits per heavy atom. The van der Waals surface area contributed by atoms with E-state index in [1.165, 1.54) is 16.5 Å². The molecule has 0 spiro atoms. The highest BCUT2D eigenvalue weighted by Gasteiger charge is 2.04. The first kappa shape index (κ1) is 15.6. The van der Waals surface area contributed by atoms with E-state index in [2.05, 4.69) is 45.2 Å². The van der Waals surface area contributed by atoms with Crippen molar-refractivity contribution >= 4 is 16.8 Å². The molecule has 4 nitrogen and oxygen atoms in total. The normalized spacial score (nSPS) is 11.2. The molecule has 0 saturated carbocycles. The van der Waals surface area contributed by atoms with E-state index in [9.17, 15) is 4.79 Å². The molecule has 1 heterocycles. The van der Waals surface area contributed by atoms with E-state index in [1.54, 1.807) is 0 Å². The number of amides is 1. The molecule has 114 valence electrons. The van der Waals surface area contributed by atoms with E-state index in [0.29, 0.717) is 6.42 Å². The molecule has 0 saturated heterocycles. The summed E-state index contributed by atoms with van der Waals surface area (Å²) in [6.45, 7) is 1.76. The maximum atomic E-state index is 11.8. The van der Waals surface area contributed by atoms with Crippen molar-refractivity contribution in [1.29, 1.82) is 0 Å². The van der Waals surface area contributed by atoms with Crippen molar-refractivity contribution in [3.8, 4) is 0 Å². The maximum absolute atomic E-state index is 11.8. The number of benzene rings is 1. The van der Waals surface area contributed by atoms with Crippen LogP contribution in [0.4, 0.5) is 0 Å². The van der Waals surface area contributed by atoms with Crippen molar-refractivity contribution < 1.29 is 4.79 Å². The lowest BCUT2D eigenvalue weighted by molar-refractivity contribution is -0.121. The molecule has 0 radical (unpaired) electrons. The highest BCUT2D eigenvalue weighted by Crippen LogP contribution is 2.17. The third-order valence-electron chi connectivity index (χ3n) is 3.70. The second-order valence-electron chi connectivity index (χ2n) is 5.83. The lowest BCUT2D eigenvalue weighted by atomic mass is 10.1. The molecule has 2 rings (SSSR count). The number of nitrogens with one attached hydrogen (secondary N) is 1. The molecule has 21 heavy (non-hydrogen) atoms. The summed E-state index contributed by atoms with van der Waals surface area (Å²) in [7, 11) is 6.13. The fraction of sp³-hybridized carbons (Fsp3) is 0.471. The van der Waals surface area contributed by atoms with Gasteiger partial charge in [0.05, 0.1) is 0 Å². The molecular weight excluding hydrogens is 262 g/mol. The third kappa shape index (κ3) is 4.60. The molecule has 1 aromatic carbocycles. The lowest BCUT2D eigenvalue weighted by Crippen LogP contribution is -2.27. The minimum absolute atomic E-state index is 0.140. The van der Waals surface area contributed by atoms with E-state index < -0.39 is 0 Å². The van der Waals surface area contributed by atoms with Gasteiger partial charge in [0.1, 0.15) is 0 Å². The molecule has 1 N–H and O–H groups in total. The SMILES string of the molecule is CN(C)CCCNC(=O)CCc1ccc2ccn(C)c2c1. The highest BCUT2D eigenvalue weighted by atomic mass is 16.1. The standard InChI is InChI=1S/C17H25N3O/c1-19(2)11-4-10-18-17(21)8-6-14-5-7-15-9-12-20(3)16(15)13-14/h5,7,9,12-13H,4,6,8,10-11H2,1-3H3,(H,18,21). The van der Waals surface area contributed by atoms with Gasteiger partial charge in [0.2, 0.25) is 5.91 Å². The van der Waals surface area contributed by atoms with Crippen LogP contribution in [0.2, 0.25) is 0 Å². The smallest absolute Gasteiger partial charge is 0.220 e. The summed E-state index contributed by atoms with van der Waals surface area (Å²) in [6, 6.07) is 8.52. The third-order valence-corrected chi connectivity index (χ3v) is 3.70. The van der Waals surface area contributed by atoms with Gasteiger partial charge < -0.3 is 14.8 Å². The molecule has 0 unspecified atom stereocenters. The average molecular weight is 287 g/mol. The minimum Gasteiger partial charge on any atom is -0.356 e. The van der Waals surface area contributed by atoms with Crippen LogP contribution in [0.5, 0.6) is 0 Å². The predicted octanol–water partition coefficient (Wildman–Crippen LogP) is 2.18. The van der Waals surface area contributed by atoms with Crippen molar-refractivity contribution in [3.63, 3.8) is 0 Å². The second kappa shape index (κ2) is 7.27. The fourth-order valence-corrected chi connectivity index (χ4v) is 2.43. The van der Waals surface area contributed by atoms with Crippen LogP contribution in [0.15, 0.2) is 30.5 Å². The topological polar surface area (TPSA) is 37.3 Å². The molecule has 0 fully saturated rings. The van der Waals surface area contributed by atoms with Gasteiger partial charge in [-0.15, -0.1) is 0 Å². The lowest BCUT2D eigenvalue weighted by Gasteiger charge is -2.10. The zero-order valence-electron chi connectivity index (χ0n) is 13.2. The van der Waals surface area contributed by atoms with Crippen LogP contribution in [0.3, 0.4) is 0 Å². The van der Waals surface area contributed by atoms with Gasteiger partial charge in [0.15, 0.2) is 0 Å². The van der Waals surface area contributed by atoms with Gasteiger partial charge in [-0.2, -0.15) is 0 Å². The second-order valence-corrected chi connectivity index (χ2v) is 5.83. The van der Waals surface area contributed by atoms with E-state index in [1.807, 2.05) is 21.1 Å². The maximum Gasteiger partial charge on any atom is 0.220 e. The Kier molecular flexibility index (Phi) is 5.39. The Morgan fingerprint density at radius 3 is 2.86 bits per heavy atom. The van der Waals surface area contributed by atoms with Gasteiger partial charge in [0, 0.05) is 31.7 Å². The number of carbonyl (C=O) groups excluding carboxylic acids is 1. The number of hydrogen-bond acceptors (Lipinski definition) is 2. The van der Waals surface area contributed by atoms with Crippen LogP contribution in [0, 0.1) is 0 Å². The Bertz CT molecular complexity index is 601. The Morgan fingerprint density at radius 2 is 2.10 bits per heavy atom. The van der Waals surface area contributed by atoms with Crippen molar-refractivity contribution in [1.82, 2.24) is 14.8 Å². The van der Waals surface area contributed by atoms with Crippen LogP contribution in [0.25, 0.3) is 10.9 Å². The number of rotatable bonds is 7. The first-order chi connectivity index (χ1) is 10.1. The summed E-state index contributed by atoms with van der Waals surface area (Å²) in [5, 5.41) is 4.23. The largest absolute Gasteiger partial charge is 0.356 e. The first-order valence-corrected chi connectivity index (χ1v) is 7.51. The number of nitrogens with zero attached hydrogens (tertiary/aromatic N) is 2. The molecule has 0 atom stereocenters. The summed E-state index contributed by atoms with van der Waals surface area (Å²) in [5.74, 6) is 0.140. The Balaban J connectivity index is 1.78. The Hall–Kier alpha value is -1.81. The van der Waals surface area contributed by atoms with Gasteiger partial charge in [-0.1, -0.05) is 12.1 Å². The molecule has 2 aromatic rings. The average Bonchev–Trinajstić information content (AvgIpc) is 2.82. The molecule has 0 bridgehead atoms. The van der Waals surface area contributed by atoms with Gasteiger partial charge >= 0.3 is 0 Å². The first-order valence-electron chi connectivity index (χ1n) is 7.51. The van der Waals surface area contributed by atoms with Gasteiger partial charge in [-0.3, -0.25) is 4.79 Å². The summed E-state index contributed by atoms with van der Waals surface area (Å²) in [4.78, 5) is 13.9. The molecule has 0 aliphatic carbocycles. The van der Waals surface area contributed by atoms with Crippen LogP contribution in [-0.4, -0.2) is 42.6 Å². The molecule has 1 amide bonds. The van der Waals surface area contributed by atoms with E-state index >= 15 is 0 Å². The molecule has 1 aromatic heterocycles. The molecule has 4 heteroatoms. The quantitative estimate of drug-likeness (QED) is 0.793. The molecular formula is C17H25N3O. The van der Waals surface area contributed by atoms with Crippen LogP contribution >= 0.6 is 0 Å². The van der Waals surface area contributed by atoms with Crippen LogP contribution in [-0.2, 0) is 18.3 Å². The summed E-state index contributed by atoms with van der Waals surface area (Å²) >= 11 is 0.